The molecular weight excluding hydrogens is 236 g/mol. The number of fused-ring (bicyclic) bond motifs is 1. The lowest BCUT2D eigenvalue weighted by molar-refractivity contribution is -0.180. The van der Waals surface area contributed by atoms with Crippen LogP contribution in [-0.2, 0) is 18.9 Å². The van der Waals surface area contributed by atoms with E-state index in [9.17, 15) is 5.11 Å². The number of aliphatic hydroxyl groups excluding tert-OH is 1. The van der Waals surface area contributed by atoms with Crippen LogP contribution in [0.25, 0.3) is 0 Å². The van der Waals surface area contributed by atoms with Gasteiger partial charge in [-0.15, -0.1) is 0 Å². The number of rotatable bonds is 1. The predicted molar refractivity (Wildman–Crippen MR) is 62.8 cm³/mol. The van der Waals surface area contributed by atoms with Gasteiger partial charge < -0.3 is 24.1 Å². The van der Waals surface area contributed by atoms with Crippen LogP contribution in [0.15, 0.2) is 0 Å². The molecule has 2 saturated heterocycles. The standard InChI is InChI=1S/C13H22O5/c1-12(2)15-6-9(17-12)7-5-8-11(10(7)14)18-13(3,4)16-8/h7-11,14H,5-6H2,1-4H3/t7-,8+,9-,10+,11+/m1/s1. The van der Waals surface area contributed by atoms with Crippen molar-refractivity contribution in [3.63, 3.8) is 0 Å². The van der Waals surface area contributed by atoms with Crippen LogP contribution in [0.5, 0.6) is 0 Å². The third-order valence-corrected chi connectivity index (χ3v) is 4.01. The van der Waals surface area contributed by atoms with Gasteiger partial charge in [0.05, 0.1) is 24.9 Å². The summed E-state index contributed by atoms with van der Waals surface area (Å²) in [5.74, 6) is -1.12. The van der Waals surface area contributed by atoms with E-state index in [0.29, 0.717) is 6.61 Å². The zero-order chi connectivity index (χ0) is 13.1. The van der Waals surface area contributed by atoms with Crippen LogP contribution in [0.2, 0.25) is 0 Å². The van der Waals surface area contributed by atoms with E-state index in [0.717, 1.165) is 6.42 Å². The van der Waals surface area contributed by atoms with E-state index in [1.807, 2.05) is 27.7 Å². The molecule has 5 atom stereocenters. The van der Waals surface area contributed by atoms with Crippen LogP contribution in [0.4, 0.5) is 0 Å². The maximum atomic E-state index is 10.4. The zero-order valence-corrected chi connectivity index (χ0v) is 11.4. The minimum absolute atomic E-state index is 0.0258. The van der Waals surface area contributed by atoms with Crippen LogP contribution >= 0.6 is 0 Å². The second kappa shape index (κ2) is 3.90. The molecule has 1 N–H and O–H groups in total. The summed E-state index contributed by atoms with van der Waals surface area (Å²) in [7, 11) is 0. The summed E-state index contributed by atoms with van der Waals surface area (Å²) in [5.41, 5.74) is 0. The highest BCUT2D eigenvalue weighted by Crippen LogP contribution is 2.44. The van der Waals surface area contributed by atoms with E-state index in [4.69, 9.17) is 18.9 Å². The van der Waals surface area contributed by atoms with Gasteiger partial charge in [-0.3, -0.25) is 0 Å². The molecule has 18 heavy (non-hydrogen) atoms. The van der Waals surface area contributed by atoms with Gasteiger partial charge in [-0.25, -0.2) is 0 Å². The fraction of sp³-hybridized carbons (Fsp3) is 1.00. The molecule has 0 amide bonds. The topological polar surface area (TPSA) is 57.2 Å². The lowest BCUT2D eigenvalue weighted by atomic mass is 9.98. The van der Waals surface area contributed by atoms with Gasteiger partial charge in [-0.05, 0) is 34.1 Å². The Morgan fingerprint density at radius 3 is 2.17 bits per heavy atom. The molecule has 5 nitrogen and oxygen atoms in total. The maximum absolute atomic E-state index is 10.4. The van der Waals surface area contributed by atoms with Gasteiger partial charge in [-0.1, -0.05) is 0 Å². The zero-order valence-electron chi connectivity index (χ0n) is 11.4. The van der Waals surface area contributed by atoms with Crippen LogP contribution < -0.4 is 0 Å². The molecule has 5 heteroatoms. The first kappa shape index (κ1) is 12.8. The Morgan fingerprint density at radius 1 is 0.944 bits per heavy atom. The average molecular weight is 258 g/mol. The third kappa shape index (κ3) is 2.08. The van der Waals surface area contributed by atoms with E-state index < -0.39 is 17.7 Å². The van der Waals surface area contributed by atoms with Crippen LogP contribution in [0.1, 0.15) is 34.1 Å². The van der Waals surface area contributed by atoms with Crippen molar-refractivity contribution in [3.05, 3.63) is 0 Å². The number of ether oxygens (including phenoxy) is 4. The van der Waals surface area contributed by atoms with Gasteiger partial charge in [0.25, 0.3) is 0 Å². The summed E-state index contributed by atoms with van der Waals surface area (Å²) < 4.78 is 23.0. The molecular formula is C13H22O5. The summed E-state index contributed by atoms with van der Waals surface area (Å²) in [6.45, 7) is 8.07. The summed E-state index contributed by atoms with van der Waals surface area (Å²) in [6, 6.07) is 0. The molecule has 0 bridgehead atoms. The summed E-state index contributed by atoms with van der Waals surface area (Å²) in [6.07, 6.45) is -0.126. The molecule has 0 aromatic carbocycles. The fourth-order valence-corrected chi connectivity index (χ4v) is 3.28. The molecule has 3 aliphatic rings. The van der Waals surface area contributed by atoms with Gasteiger partial charge in [0.15, 0.2) is 11.6 Å². The first-order valence-electron chi connectivity index (χ1n) is 6.63. The molecule has 1 aliphatic carbocycles. The second-order valence-electron chi connectivity index (χ2n) is 6.40. The quantitative estimate of drug-likeness (QED) is 0.761. The van der Waals surface area contributed by atoms with E-state index in [1.54, 1.807) is 0 Å². The van der Waals surface area contributed by atoms with Crippen molar-refractivity contribution in [3.8, 4) is 0 Å². The summed E-state index contributed by atoms with van der Waals surface area (Å²) >= 11 is 0. The molecule has 3 rings (SSSR count). The normalized spacial score (nSPS) is 49.5. The summed E-state index contributed by atoms with van der Waals surface area (Å²) in [4.78, 5) is 0. The first-order chi connectivity index (χ1) is 8.27. The van der Waals surface area contributed by atoms with Crippen molar-refractivity contribution >= 4 is 0 Å². The number of hydrogen-bond acceptors (Lipinski definition) is 5. The molecule has 104 valence electrons. The highest BCUT2D eigenvalue weighted by molar-refractivity contribution is 5.01. The van der Waals surface area contributed by atoms with Crippen LogP contribution in [0.3, 0.4) is 0 Å². The molecule has 0 unspecified atom stereocenters. The average Bonchev–Trinajstić information content (AvgIpc) is 2.81. The number of hydrogen-bond donors (Lipinski definition) is 1. The maximum Gasteiger partial charge on any atom is 0.163 e. The Morgan fingerprint density at radius 2 is 1.61 bits per heavy atom. The fourth-order valence-electron chi connectivity index (χ4n) is 3.28. The minimum Gasteiger partial charge on any atom is -0.390 e. The van der Waals surface area contributed by atoms with E-state index in [1.165, 1.54) is 0 Å². The van der Waals surface area contributed by atoms with Crippen molar-refractivity contribution in [2.24, 2.45) is 5.92 Å². The Labute approximate surface area is 107 Å². The molecule has 2 heterocycles. The highest BCUT2D eigenvalue weighted by Gasteiger charge is 2.56. The molecule has 0 radical (unpaired) electrons. The Balaban J connectivity index is 1.68. The minimum atomic E-state index is -0.590. The van der Waals surface area contributed by atoms with Crippen molar-refractivity contribution in [1.29, 1.82) is 0 Å². The first-order valence-corrected chi connectivity index (χ1v) is 6.63. The Kier molecular flexibility index (Phi) is 2.78. The molecule has 0 aromatic rings. The smallest absolute Gasteiger partial charge is 0.163 e. The monoisotopic (exact) mass is 258 g/mol. The summed E-state index contributed by atoms with van der Waals surface area (Å²) in [5, 5.41) is 10.4. The second-order valence-corrected chi connectivity index (χ2v) is 6.40. The Hall–Kier alpha value is -0.200. The van der Waals surface area contributed by atoms with Gasteiger partial charge in [0, 0.05) is 5.92 Å². The van der Waals surface area contributed by atoms with Crippen molar-refractivity contribution in [2.45, 2.75) is 70.1 Å². The SMILES string of the molecule is CC1(C)O[C@@H]2[C@@H](O)[C@@H]([C@H]3COC(C)(C)O3)C[C@@H]2O1. The molecule has 2 aliphatic heterocycles. The van der Waals surface area contributed by atoms with Crippen molar-refractivity contribution < 1.29 is 24.1 Å². The lowest BCUT2D eigenvalue weighted by Gasteiger charge is -2.27. The van der Waals surface area contributed by atoms with E-state index in [2.05, 4.69) is 0 Å². The van der Waals surface area contributed by atoms with Gasteiger partial charge in [0.2, 0.25) is 0 Å². The van der Waals surface area contributed by atoms with Crippen molar-refractivity contribution in [2.75, 3.05) is 6.61 Å². The van der Waals surface area contributed by atoms with Crippen LogP contribution in [0, 0.1) is 5.92 Å². The molecule has 1 saturated carbocycles. The lowest BCUT2D eigenvalue weighted by Crippen LogP contribution is -2.38. The van der Waals surface area contributed by atoms with Gasteiger partial charge >= 0.3 is 0 Å². The van der Waals surface area contributed by atoms with E-state index in [-0.39, 0.29) is 24.2 Å². The third-order valence-electron chi connectivity index (χ3n) is 4.01. The molecule has 3 fully saturated rings. The van der Waals surface area contributed by atoms with Crippen molar-refractivity contribution in [1.82, 2.24) is 0 Å². The van der Waals surface area contributed by atoms with Gasteiger partial charge in [-0.2, -0.15) is 0 Å². The molecule has 0 aromatic heterocycles. The highest BCUT2D eigenvalue weighted by atomic mass is 16.8. The largest absolute Gasteiger partial charge is 0.390 e. The predicted octanol–water partition coefficient (Wildman–Crippen LogP) is 1.04. The number of aliphatic hydroxyl groups is 1. The van der Waals surface area contributed by atoms with Gasteiger partial charge in [0.1, 0.15) is 6.10 Å². The van der Waals surface area contributed by atoms with E-state index >= 15 is 0 Å². The van der Waals surface area contributed by atoms with Crippen LogP contribution in [-0.4, -0.2) is 47.7 Å². The Bertz CT molecular complexity index is 340. The molecule has 0 spiro atoms.